The zero-order chi connectivity index (χ0) is 18.4. The average Bonchev–Trinajstić information content (AvgIpc) is 2.57. The molecule has 0 spiro atoms. The van der Waals surface area contributed by atoms with Gasteiger partial charge in [-0.15, -0.1) is 0 Å². The summed E-state index contributed by atoms with van der Waals surface area (Å²) in [5.74, 6) is -1.34. The van der Waals surface area contributed by atoms with Crippen LogP contribution in [0.25, 0.3) is 0 Å². The summed E-state index contributed by atoms with van der Waals surface area (Å²) in [6.07, 6.45) is 0. The van der Waals surface area contributed by atoms with Crippen molar-refractivity contribution in [1.82, 2.24) is 10.9 Å². The number of nitrogens with one attached hydrogen (secondary N) is 2. The molecule has 0 heterocycles. The standard InChI is InChI=1S/C19H21FN2O3/c1-19(2,3)14-9-5-7-11-16(14)25-12-17(23)21-22-18(24)13-8-4-6-10-15(13)20/h4-11H,12H2,1-3H3,(H,21,23)(H,22,24). The Morgan fingerprint density at radius 1 is 1.00 bits per heavy atom. The average molecular weight is 344 g/mol. The molecule has 0 aliphatic heterocycles. The van der Waals surface area contributed by atoms with Gasteiger partial charge in [-0.1, -0.05) is 51.1 Å². The van der Waals surface area contributed by atoms with Crippen molar-refractivity contribution < 1.29 is 18.7 Å². The molecule has 5 nitrogen and oxygen atoms in total. The molecule has 6 heteroatoms. The minimum absolute atomic E-state index is 0.133. The summed E-state index contributed by atoms with van der Waals surface area (Å²) in [5.41, 5.74) is 5.06. The second-order valence-electron chi connectivity index (χ2n) is 6.52. The predicted octanol–water partition coefficient (Wildman–Crippen LogP) is 2.96. The van der Waals surface area contributed by atoms with Gasteiger partial charge in [0.15, 0.2) is 6.61 Å². The van der Waals surface area contributed by atoms with E-state index in [1.807, 2.05) is 39.0 Å². The van der Waals surface area contributed by atoms with E-state index in [2.05, 4.69) is 10.9 Å². The van der Waals surface area contributed by atoms with Gasteiger partial charge in [0, 0.05) is 0 Å². The van der Waals surface area contributed by atoms with Crippen molar-refractivity contribution in [1.29, 1.82) is 0 Å². The molecule has 2 amide bonds. The lowest BCUT2D eigenvalue weighted by molar-refractivity contribution is -0.123. The zero-order valence-corrected chi connectivity index (χ0v) is 14.4. The summed E-state index contributed by atoms with van der Waals surface area (Å²) in [7, 11) is 0. The first kappa shape index (κ1) is 18.4. The lowest BCUT2D eigenvalue weighted by Crippen LogP contribution is -2.44. The van der Waals surface area contributed by atoms with Crippen molar-refractivity contribution in [3.8, 4) is 5.75 Å². The fourth-order valence-electron chi connectivity index (χ4n) is 2.23. The Bertz CT molecular complexity index is 769. The van der Waals surface area contributed by atoms with E-state index in [-0.39, 0.29) is 17.6 Å². The van der Waals surface area contributed by atoms with E-state index in [1.165, 1.54) is 24.3 Å². The molecule has 2 aromatic carbocycles. The minimum Gasteiger partial charge on any atom is -0.483 e. The van der Waals surface area contributed by atoms with E-state index in [0.717, 1.165) is 5.56 Å². The molecule has 0 fully saturated rings. The highest BCUT2D eigenvalue weighted by atomic mass is 19.1. The maximum atomic E-state index is 13.5. The van der Waals surface area contributed by atoms with Gasteiger partial charge in [-0.05, 0) is 29.2 Å². The molecule has 2 rings (SSSR count). The SMILES string of the molecule is CC(C)(C)c1ccccc1OCC(=O)NNC(=O)c1ccccc1F. The third-order valence-electron chi connectivity index (χ3n) is 3.49. The lowest BCUT2D eigenvalue weighted by atomic mass is 9.86. The van der Waals surface area contributed by atoms with Crippen LogP contribution < -0.4 is 15.6 Å². The summed E-state index contributed by atoms with van der Waals surface area (Å²) in [4.78, 5) is 23.7. The van der Waals surface area contributed by atoms with Crippen LogP contribution in [0.2, 0.25) is 0 Å². The number of rotatable bonds is 4. The molecule has 2 aromatic rings. The molecular formula is C19H21FN2O3. The Kier molecular flexibility index (Phi) is 5.75. The third kappa shape index (κ3) is 5.04. The fraction of sp³-hybridized carbons (Fsp3) is 0.263. The monoisotopic (exact) mass is 344 g/mol. The number of halogens is 1. The molecule has 0 bridgehead atoms. The molecule has 0 aliphatic rings. The van der Waals surface area contributed by atoms with Gasteiger partial charge in [-0.25, -0.2) is 4.39 Å². The predicted molar refractivity (Wildman–Crippen MR) is 92.6 cm³/mol. The summed E-state index contributed by atoms with van der Waals surface area (Å²) in [6.45, 7) is 5.86. The zero-order valence-electron chi connectivity index (χ0n) is 14.4. The number of ether oxygens (including phenoxy) is 1. The van der Waals surface area contributed by atoms with Crippen LogP contribution in [-0.4, -0.2) is 18.4 Å². The first-order valence-electron chi connectivity index (χ1n) is 7.85. The van der Waals surface area contributed by atoms with Gasteiger partial charge in [0.2, 0.25) is 0 Å². The number of amides is 2. The number of benzene rings is 2. The van der Waals surface area contributed by atoms with Crippen LogP contribution in [0.15, 0.2) is 48.5 Å². The second-order valence-corrected chi connectivity index (χ2v) is 6.52. The smallest absolute Gasteiger partial charge is 0.276 e. The molecule has 0 unspecified atom stereocenters. The third-order valence-corrected chi connectivity index (χ3v) is 3.49. The number of para-hydroxylation sites is 1. The number of hydrogen-bond acceptors (Lipinski definition) is 3. The van der Waals surface area contributed by atoms with Gasteiger partial charge in [-0.3, -0.25) is 20.4 Å². The van der Waals surface area contributed by atoms with Crippen LogP contribution in [0.5, 0.6) is 5.75 Å². The number of hydrazine groups is 1. The normalized spacial score (nSPS) is 10.9. The molecule has 0 radical (unpaired) electrons. The van der Waals surface area contributed by atoms with Crippen molar-refractivity contribution >= 4 is 11.8 Å². The van der Waals surface area contributed by atoms with E-state index in [1.54, 1.807) is 6.07 Å². The highest BCUT2D eigenvalue weighted by molar-refractivity contribution is 5.95. The van der Waals surface area contributed by atoms with Gasteiger partial charge in [0.1, 0.15) is 11.6 Å². The Hall–Kier alpha value is -2.89. The van der Waals surface area contributed by atoms with Gasteiger partial charge < -0.3 is 4.74 Å². The highest BCUT2D eigenvalue weighted by Gasteiger charge is 2.19. The van der Waals surface area contributed by atoms with Crippen LogP contribution in [0.4, 0.5) is 4.39 Å². The topological polar surface area (TPSA) is 67.4 Å². The second kappa shape index (κ2) is 7.79. The van der Waals surface area contributed by atoms with E-state index in [0.29, 0.717) is 5.75 Å². The van der Waals surface area contributed by atoms with Crippen molar-refractivity contribution in [3.63, 3.8) is 0 Å². The summed E-state index contributed by atoms with van der Waals surface area (Å²) >= 11 is 0. The molecule has 132 valence electrons. The van der Waals surface area contributed by atoms with Crippen LogP contribution in [0, 0.1) is 5.82 Å². The van der Waals surface area contributed by atoms with E-state index < -0.39 is 17.6 Å². The summed E-state index contributed by atoms with van der Waals surface area (Å²) in [6, 6.07) is 13.0. The summed E-state index contributed by atoms with van der Waals surface area (Å²) in [5, 5.41) is 0. The Morgan fingerprint density at radius 2 is 1.64 bits per heavy atom. The van der Waals surface area contributed by atoms with Crippen molar-refractivity contribution in [2.45, 2.75) is 26.2 Å². The van der Waals surface area contributed by atoms with Gasteiger partial charge in [0.25, 0.3) is 11.8 Å². The van der Waals surface area contributed by atoms with Gasteiger partial charge in [0.05, 0.1) is 5.56 Å². The molecule has 0 saturated heterocycles. The molecule has 0 aliphatic carbocycles. The Labute approximate surface area is 146 Å². The van der Waals surface area contributed by atoms with Crippen molar-refractivity contribution in [3.05, 3.63) is 65.5 Å². The number of hydrogen-bond donors (Lipinski definition) is 2. The Morgan fingerprint density at radius 3 is 2.32 bits per heavy atom. The molecule has 2 N–H and O–H groups in total. The van der Waals surface area contributed by atoms with E-state index in [9.17, 15) is 14.0 Å². The molecule has 0 atom stereocenters. The largest absolute Gasteiger partial charge is 0.483 e. The molecule has 0 saturated carbocycles. The minimum atomic E-state index is -0.735. The number of carbonyl (C=O) groups is 2. The lowest BCUT2D eigenvalue weighted by Gasteiger charge is -2.22. The number of carbonyl (C=O) groups excluding carboxylic acids is 2. The molecule has 0 aromatic heterocycles. The summed E-state index contributed by atoms with van der Waals surface area (Å²) < 4.78 is 19.0. The first-order valence-corrected chi connectivity index (χ1v) is 7.85. The van der Waals surface area contributed by atoms with Crippen molar-refractivity contribution in [2.24, 2.45) is 0 Å². The maximum absolute atomic E-state index is 13.5. The first-order chi connectivity index (χ1) is 11.8. The van der Waals surface area contributed by atoms with E-state index >= 15 is 0 Å². The van der Waals surface area contributed by atoms with Crippen LogP contribution in [-0.2, 0) is 10.2 Å². The Balaban J connectivity index is 1.90. The van der Waals surface area contributed by atoms with Crippen LogP contribution in [0.3, 0.4) is 0 Å². The van der Waals surface area contributed by atoms with Gasteiger partial charge in [-0.2, -0.15) is 0 Å². The quantitative estimate of drug-likeness (QED) is 0.838. The fourth-order valence-corrected chi connectivity index (χ4v) is 2.23. The van der Waals surface area contributed by atoms with E-state index in [4.69, 9.17) is 4.74 Å². The van der Waals surface area contributed by atoms with Crippen molar-refractivity contribution in [2.75, 3.05) is 6.61 Å². The highest BCUT2D eigenvalue weighted by Crippen LogP contribution is 2.30. The maximum Gasteiger partial charge on any atom is 0.276 e. The van der Waals surface area contributed by atoms with Crippen LogP contribution >= 0.6 is 0 Å². The van der Waals surface area contributed by atoms with Gasteiger partial charge >= 0.3 is 0 Å². The van der Waals surface area contributed by atoms with Crippen LogP contribution in [0.1, 0.15) is 36.7 Å². The molecular weight excluding hydrogens is 323 g/mol. The molecule has 25 heavy (non-hydrogen) atoms.